The SMILES string of the molecule is C=CCN1C(=O)C(=Cc2cc(OC)cc([N+](=O)[O-])c2O)C(=O)NC1=S. The van der Waals surface area contributed by atoms with Gasteiger partial charge in [0.15, 0.2) is 5.11 Å². The first-order valence-electron chi connectivity index (χ1n) is 6.85. The van der Waals surface area contributed by atoms with E-state index in [1.807, 2.05) is 0 Å². The van der Waals surface area contributed by atoms with Gasteiger partial charge >= 0.3 is 5.69 Å². The van der Waals surface area contributed by atoms with Gasteiger partial charge in [-0.25, -0.2) is 0 Å². The second kappa shape index (κ2) is 7.09. The van der Waals surface area contributed by atoms with E-state index in [0.29, 0.717) is 0 Å². The average molecular weight is 363 g/mol. The molecule has 2 rings (SSSR count). The third-order valence-electron chi connectivity index (χ3n) is 3.32. The Morgan fingerprint density at radius 1 is 1.48 bits per heavy atom. The number of phenolic OH excluding ortho intramolecular Hbond substituents is 1. The highest BCUT2D eigenvalue weighted by atomic mass is 32.1. The number of ether oxygens (including phenoxy) is 1. The maximum atomic E-state index is 12.4. The third-order valence-corrected chi connectivity index (χ3v) is 3.64. The molecule has 0 spiro atoms. The van der Waals surface area contributed by atoms with Crippen LogP contribution in [0, 0.1) is 10.1 Å². The predicted molar refractivity (Wildman–Crippen MR) is 91.9 cm³/mol. The summed E-state index contributed by atoms with van der Waals surface area (Å²) in [5.41, 5.74) is -1.07. The minimum absolute atomic E-state index is 0.0690. The van der Waals surface area contributed by atoms with Crippen LogP contribution < -0.4 is 10.1 Å². The van der Waals surface area contributed by atoms with E-state index < -0.39 is 28.2 Å². The molecule has 0 bridgehead atoms. The molecule has 1 fully saturated rings. The van der Waals surface area contributed by atoms with E-state index in [9.17, 15) is 24.8 Å². The highest BCUT2D eigenvalue weighted by Gasteiger charge is 2.33. The van der Waals surface area contributed by atoms with E-state index >= 15 is 0 Å². The van der Waals surface area contributed by atoms with Crippen LogP contribution in [0.2, 0.25) is 0 Å². The Labute approximate surface area is 147 Å². The molecular formula is C15H13N3O6S. The van der Waals surface area contributed by atoms with E-state index in [0.717, 1.165) is 17.0 Å². The number of hydrogen-bond acceptors (Lipinski definition) is 7. The third kappa shape index (κ3) is 3.48. The molecule has 25 heavy (non-hydrogen) atoms. The second-order valence-corrected chi connectivity index (χ2v) is 5.25. The molecule has 1 aliphatic heterocycles. The van der Waals surface area contributed by atoms with Crippen molar-refractivity contribution in [3.05, 3.63) is 46.0 Å². The molecule has 10 heteroatoms. The summed E-state index contributed by atoms with van der Waals surface area (Å²) < 4.78 is 4.95. The van der Waals surface area contributed by atoms with Crippen molar-refractivity contribution in [3.8, 4) is 11.5 Å². The van der Waals surface area contributed by atoms with Crippen molar-refractivity contribution in [1.82, 2.24) is 10.2 Å². The molecule has 1 aromatic rings. The van der Waals surface area contributed by atoms with Gasteiger partial charge < -0.3 is 9.84 Å². The largest absolute Gasteiger partial charge is 0.502 e. The van der Waals surface area contributed by atoms with Crippen LogP contribution in [0.5, 0.6) is 11.5 Å². The average Bonchev–Trinajstić information content (AvgIpc) is 2.56. The van der Waals surface area contributed by atoms with Gasteiger partial charge in [0.2, 0.25) is 5.75 Å². The molecule has 1 aromatic carbocycles. The lowest BCUT2D eigenvalue weighted by Crippen LogP contribution is -2.53. The zero-order valence-corrected chi connectivity index (χ0v) is 13.8. The summed E-state index contributed by atoms with van der Waals surface area (Å²) in [4.78, 5) is 35.8. The fraction of sp³-hybridized carbons (Fsp3) is 0.133. The molecule has 1 saturated heterocycles. The van der Waals surface area contributed by atoms with Crippen molar-refractivity contribution >= 4 is 40.9 Å². The van der Waals surface area contributed by atoms with Crippen LogP contribution in [0.25, 0.3) is 6.08 Å². The fourth-order valence-electron chi connectivity index (χ4n) is 2.13. The summed E-state index contributed by atoms with van der Waals surface area (Å²) in [6, 6.07) is 2.29. The van der Waals surface area contributed by atoms with Crippen LogP contribution >= 0.6 is 12.2 Å². The lowest BCUT2D eigenvalue weighted by atomic mass is 10.1. The van der Waals surface area contributed by atoms with Crippen molar-refractivity contribution in [3.63, 3.8) is 0 Å². The molecule has 1 aliphatic rings. The van der Waals surface area contributed by atoms with E-state index in [4.69, 9.17) is 17.0 Å². The Balaban J connectivity index is 2.58. The van der Waals surface area contributed by atoms with Gasteiger partial charge in [0.05, 0.1) is 18.1 Å². The number of rotatable bonds is 5. The van der Waals surface area contributed by atoms with Gasteiger partial charge in [0.25, 0.3) is 11.8 Å². The summed E-state index contributed by atoms with van der Waals surface area (Å²) >= 11 is 4.92. The number of hydrogen-bond donors (Lipinski definition) is 2. The topological polar surface area (TPSA) is 122 Å². The molecule has 1 heterocycles. The zero-order chi connectivity index (χ0) is 18.7. The molecule has 0 atom stereocenters. The summed E-state index contributed by atoms with van der Waals surface area (Å²) in [7, 11) is 1.29. The van der Waals surface area contributed by atoms with E-state index in [1.165, 1.54) is 19.3 Å². The standard InChI is InChI=1S/C15H13N3O6S/c1-3-4-17-14(21)10(13(20)16-15(17)25)6-8-5-9(24-2)7-11(12(8)19)18(22)23/h3,5-7,19H,1,4H2,2H3,(H,16,20,25). The molecule has 0 aromatic heterocycles. The zero-order valence-electron chi connectivity index (χ0n) is 13.0. The Bertz CT molecular complexity index is 833. The maximum absolute atomic E-state index is 12.4. The van der Waals surface area contributed by atoms with Crippen LogP contribution in [0.3, 0.4) is 0 Å². The quantitative estimate of drug-likeness (QED) is 0.201. The normalized spacial score (nSPS) is 16.0. The summed E-state index contributed by atoms with van der Waals surface area (Å²) in [5.74, 6) is -2.10. The lowest BCUT2D eigenvalue weighted by Gasteiger charge is -2.27. The van der Waals surface area contributed by atoms with Gasteiger partial charge in [-0.3, -0.25) is 29.9 Å². The lowest BCUT2D eigenvalue weighted by molar-refractivity contribution is -0.385. The van der Waals surface area contributed by atoms with Crippen LogP contribution in [0.4, 0.5) is 5.69 Å². The number of thiocarbonyl (C=S) groups is 1. The molecule has 0 saturated carbocycles. The Morgan fingerprint density at radius 2 is 2.16 bits per heavy atom. The number of amides is 2. The van der Waals surface area contributed by atoms with E-state index in [2.05, 4.69) is 11.9 Å². The Hall–Kier alpha value is -3.27. The number of nitro benzene ring substituents is 1. The van der Waals surface area contributed by atoms with Crippen molar-refractivity contribution in [1.29, 1.82) is 0 Å². The van der Waals surface area contributed by atoms with Gasteiger partial charge in [0.1, 0.15) is 11.3 Å². The summed E-state index contributed by atoms with van der Waals surface area (Å²) in [6.07, 6.45) is 2.47. The molecule has 130 valence electrons. The number of methoxy groups -OCH3 is 1. The van der Waals surface area contributed by atoms with Crippen LogP contribution in [-0.4, -0.2) is 45.5 Å². The van der Waals surface area contributed by atoms with Crippen molar-refractivity contribution in [2.75, 3.05) is 13.7 Å². The number of carbonyl (C=O) groups excluding carboxylic acids is 2. The van der Waals surface area contributed by atoms with Gasteiger partial charge in [-0.1, -0.05) is 6.08 Å². The monoisotopic (exact) mass is 363 g/mol. The minimum atomic E-state index is -0.804. The molecule has 2 amide bonds. The van der Waals surface area contributed by atoms with Crippen LogP contribution in [0.1, 0.15) is 5.56 Å². The summed E-state index contributed by atoms with van der Waals surface area (Å²) in [6.45, 7) is 3.57. The van der Waals surface area contributed by atoms with Crippen LogP contribution in [-0.2, 0) is 9.59 Å². The van der Waals surface area contributed by atoms with Gasteiger partial charge in [-0.15, -0.1) is 6.58 Å². The van der Waals surface area contributed by atoms with Crippen molar-refractivity contribution in [2.45, 2.75) is 0 Å². The molecular weight excluding hydrogens is 350 g/mol. The molecule has 0 radical (unpaired) electrons. The van der Waals surface area contributed by atoms with Gasteiger partial charge in [-0.05, 0) is 24.4 Å². The highest BCUT2D eigenvalue weighted by molar-refractivity contribution is 7.80. The highest BCUT2D eigenvalue weighted by Crippen LogP contribution is 2.36. The van der Waals surface area contributed by atoms with Crippen LogP contribution in [0.15, 0.2) is 30.4 Å². The number of nitrogens with zero attached hydrogens (tertiary/aromatic N) is 2. The number of carbonyl (C=O) groups is 2. The van der Waals surface area contributed by atoms with Gasteiger partial charge in [0, 0.05) is 12.1 Å². The Kier molecular flexibility index (Phi) is 5.13. The van der Waals surface area contributed by atoms with Crippen molar-refractivity contribution in [2.24, 2.45) is 0 Å². The number of aromatic hydroxyl groups is 1. The second-order valence-electron chi connectivity index (χ2n) is 4.86. The first-order chi connectivity index (χ1) is 11.8. The Morgan fingerprint density at radius 3 is 2.72 bits per heavy atom. The predicted octanol–water partition coefficient (Wildman–Crippen LogP) is 1.12. The summed E-state index contributed by atoms with van der Waals surface area (Å²) in [5, 5.41) is 23.4. The number of phenols is 1. The smallest absolute Gasteiger partial charge is 0.315 e. The van der Waals surface area contributed by atoms with Gasteiger partial charge in [-0.2, -0.15) is 0 Å². The van der Waals surface area contributed by atoms with Crippen molar-refractivity contribution < 1.29 is 24.4 Å². The molecule has 0 unspecified atom stereocenters. The van der Waals surface area contributed by atoms with E-state index in [1.54, 1.807) is 0 Å². The molecule has 0 aliphatic carbocycles. The minimum Gasteiger partial charge on any atom is -0.502 e. The number of nitrogens with one attached hydrogen (secondary N) is 1. The number of benzene rings is 1. The maximum Gasteiger partial charge on any atom is 0.315 e. The molecule has 2 N–H and O–H groups in total. The number of nitro groups is 1. The first-order valence-corrected chi connectivity index (χ1v) is 7.26. The molecule has 9 nitrogen and oxygen atoms in total. The fourth-order valence-corrected chi connectivity index (χ4v) is 2.38. The first kappa shape index (κ1) is 18.1. The van der Waals surface area contributed by atoms with E-state index in [-0.39, 0.29) is 28.5 Å².